The Hall–Kier alpha value is 0.229. The first kappa shape index (κ1) is 7.23. The first-order valence-electron chi connectivity index (χ1n) is 0.756. The van der Waals surface area contributed by atoms with Gasteiger partial charge in [-0.2, -0.15) is 0 Å². The van der Waals surface area contributed by atoms with Gasteiger partial charge in [-0.25, -0.2) is 0 Å². The van der Waals surface area contributed by atoms with Gasteiger partial charge in [0.2, 0.25) is 0 Å². The molecule has 0 aliphatic heterocycles. The fourth-order valence-electron chi connectivity index (χ4n) is 0. The number of halogens is 6. The fraction of sp³-hybridized carbons (Fsp3) is 0. The van der Waals surface area contributed by atoms with Crippen LogP contribution in [0.2, 0.25) is 0 Å². The first-order chi connectivity index (χ1) is 2.45. The van der Waals surface area contributed by atoms with Crippen LogP contribution in [0.5, 0.6) is 0 Å². The summed E-state index contributed by atoms with van der Waals surface area (Å²) in [6, 6.07) is 0. The molecule has 0 heterocycles. The number of hydrogen-bond acceptors (Lipinski definition) is 0. The molecule has 0 aliphatic rings. The molecule has 7 heteroatoms. The van der Waals surface area contributed by atoms with Crippen LogP contribution >= 0.6 is 0 Å². The predicted molar refractivity (Wildman–Crippen MR) is 6.65 cm³/mol. The Morgan fingerprint density at radius 3 is 0.571 bits per heavy atom. The summed E-state index contributed by atoms with van der Waals surface area (Å²) in [6.45, 7) is 0. The van der Waals surface area contributed by atoms with Gasteiger partial charge < -0.3 is 0 Å². The Morgan fingerprint density at radius 2 is 0.571 bits per heavy atom. The van der Waals surface area contributed by atoms with Gasteiger partial charge in [-0.1, -0.05) is 0 Å². The monoisotopic (exact) mass is 307 g/mol. The standard InChI is InChI=1S/6FH.Ir/h6*1H;/q;;;;;;+4/p-6. The van der Waals surface area contributed by atoms with Gasteiger partial charge in [0.15, 0.2) is 0 Å². The average molecular weight is 306 g/mol. The molecule has 0 fully saturated rings. The molecule has 0 bridgehead atoms. The molecule has 0 N–H and O–H groups in total. The third-order valence-electron chi connectivity index (χ3n) is 0. The van der Waals surface area contributed by atoms with Crippen molar-refractivity contribution in [1.82, 2.24) is 0 Å². The third-order valence-corrected chi connectivity index (χ3v) is 0. The van der Waals surface area contributed by atoms with Crippen molar-refractivity contribution in [3.05, 3.63) is 0 Å². The summed E-state index contributed by atoms with van der Waals surface area (Å²) >= 11 is -11.2. The zero-order valence-corrected chi connectivity index (χ0v) is 5.00. The van der Waals surface area contributed by atoms with Gasteiger partial charge in [0.05, 0.1) is 0 Å². The number of rotatable bonds is 0. The molecule has 0 aromatic rings. The second kappa shape index (κ2) is 0.734. The van der Waals surface area contributed by atoms with Crippen molar-refractivity contribution in [2.75, 3.05) is 0 Å². The average Bonchev–Trinajstić information content (AvgIpc) is 0.592. The van der Waals surface area contributed by atoms with E-state index < -0.39 is 15.9 Å². The van der Waals surface area contributed by atoms with Crippen LogP contribution in [0.4, 0.5) is 19.5 Å². The molecule has 0 nitrogen and oxygen atoms in total. The van der Waals surface area contributed by atoms with Crippen LogP contribution < -0.4 is 0 Å². The van der Waals surface area contributed by atoms with Gasteiger partial charge in [0.25, 0.3) is 0 Å². The minimum atomic E-state index is -11.2. The van der Waals surface area contributed by atoms with Crippen LogP contribution in [0.3, 0.4) is 0 Å². The number of hydrogen-bond donors (Lipinski definition) is 0. The molecule has 0 saturated carbocycles. The Balaban J connectivity index is 4.43. The molecule has 0 rings (SSSR count). The molecule has 7 heavy (non-hydrogen) atoms. The maximum absolute atomic E-state index is 11.2. The third kappa shape index (κ3) is 2120. The second-order valence-corrected chi connectivity index (χ2v) is 5.85. The van der Waals surface area contributed by atoms with Gasteiger partial charge >= 0.3 is 35.4 Å². The zero-order chi connectivity index (χ0) is 6.41. The van der Waals surface area contributed by atoms with Crippen molar-refractivity contribution < 1.29 is 35.4 Å². The van der Waals surface area contributed by atoms with E-state index in [0.717, 1.165) is 0 Å². The van der Waals surface area contributed by atoms with E-state index in [-0.39, 0.29) is 0 Å². The quantitative estimate of drug-likeness (QED) is 0.603. The first-order valence-corrected chi connectivity index (χ1v) is 6.19. The van der Waals surface area contributed by atoms with Gasteiger partial charge in [-0.05, 0) is 0 Å². The Labute approximate surface area is 36.3 Å². The molecule has 53 valence electrons. The van der Waals surface area contributed by atoms with Crippen LogP contribution in [0.1, 0.15) is 0 Å². The van der Waals surface area contributed by atoms with E-state index in [0.29, 0.717) is 0 Å². The van der Waals surface area contributed by atoms with Gasteiger partial charge in [0.1, 0.15) is 0 Å². The zero-order valence-electron chi connectivity index (χ0n) is 2.60. The van der Waals surface area contributed by atoms with Crippen molar-refractivity contribution in [2.45, 2.75) is 0 Å². The molecular formula is F6Ir-2. The van der Waals surface area contributed by atoms with Gasteiger partial charge in [-0.15, -0.1) is 0 Å². The molecule has 0 spiro atoms. The summed E-state index contributed by atoms with van der Waals surface area (Å²) in [7, 11) is 0. The fourth-order valence-corrected chi connectivity index (χ4v) is 0. The molecule has 0 atom stereocenters. The van der Waals surface area contributed by atoms with Crippen molar-refractivity contribution in [1.29, 1.82) is 0 Å². The Morgan fingerprint density at radius 1 is 0.571 bits per heavy atom. The summed E-state index contributed by atoms with van der Waals surface area (Å²) in [6.07, 6.45) is 0. The summed E-state index contributed by atoms with van der Waals surface area (Å²) in [5.74, 6) is 0. The van der Waals surface area contributed by atoms with Crippen LogP contribution in [-0.4, -0.2) is 0 Å². The normalized spacial score (nSPS) is 23.1. The van der Waals surface area contributed by atoms with Gasteiger partial charge in [0, 0.05) is 0 Å². The minimum absolute atomic E-state index is 9.92. The van der Waals surface area contributed by atoms with E-state index in [1.54, 1.807) is 0 Å². The SMILES string of the molecule is [F][Ir-2]([F])([F])([F])([F])[F]. The summed E-state index contributed by atoms with van der Waals surface area (Å²) in [4.78, 5) is 0. The maximum atomic E-state index is 9.92. The van der Waals surface area contributed by atoms with E-state index in [9.17, 15) is 19.5 Å². The van der Waals surface area contributed by atoms with Crippen molar-refractivity contribution in [2.24, 2.45) is 0 Å². The summed E-state index contributed by atoms with van der Waals surface area (Å²) < 4.78 is 59.5. The van der Waals surface area contributed by atoms with E-state index in [1.165, 1.54) is 0 Å². The molecule has 0 aromatic carbocycles. The van der Waals surface area contributed by atoms with E-state index in [1.807, 2.05) is 0 Å². The second-order valence-electron chi connectivity index (χ2n) is 0.714. The molecule has 0 saturated heterocycles. The van der Waals surface area contributed by atoms with E-state index in [4.69, 9.17) is 0 Å². The van der Waals surface area contributed by atoms with Crippen LogP contribution in [0, 0.1) is 0 Å². The van der Waals surface area contributed by atoms with Crippen molar-refractivity contribution >= 4 is 0 Å². The van der Waals surface area contributed by atoms with Crippen LogP contribution in [0.25, 0.3) is 0 Å². The van der Waals surface area contributed by atoms with Crippen molar-refractivity contribution in [3.63, 3.8) is 0 Å². The molecule has 0 aromatic heterocycles. The molecule has 0 amide bonds. The van der Waals surface area contributed by atoms with Crippen LogP contribution in [-0.2, 0) is 15.9 Å². The molecule has 0 radical (unpaired) electrons. The van der Waals surface area contributed by atoms with E-state index >= 15 is 0 Å². The molecular weight excluding hydrogens is 306 g/mol. The summed E-state index contributed by atoms with van der Waals surface area (Å²) in [5, 5.41) is 0. The molecule has 0 aliphatic carbocycles. The summed E-state index contributed by atoms with van der Waals surface area (Å²) in [5.41, 5.74) is 0. The Bertz CT molecular complexity index is 62.7. The van der Waals surface area contributed by atoms with Crippen LogP contribution in [0.15, 0.2) is 0 Å². The van der Waals surface area contributed by atoms with Crippen molar-refractivity contribution in [3.8, 4) is 0 Å². The van der Waals surface area contributed by atoms with Gasteiger partial charge in [-0.3, -0.25) is 0 Å². The molecule has 0 unspecified atom stereocenters. The van der Waals surface area contributed by atoms with E-state index in [2.05, 4.69) is 0 Å². The predicted octanol–water partition coefficient (Wildman–Crippen LogP) is 2.52. The topological polar surface area (TPSA) is 0 Å². The Kier molecular flexibility index (Phi) is 0.759.